The maximum Gasteiger partial charge on any atom is 0.272 e. The molecule has 0 spiro atoms. The summed E-state index contributed by atoms with van der Waals surface area (Å²) in [6.45, 7) is 6.02. The Hall–Kier alpha value is -2.74. The zero-order valence-corrected chi connectivity index (χ0v) is 16.8. The summed E-state index contributed by atoms with van der Waals surface area (Å²) in [4.78, 5) is 31.8. The van der Waals surface area contributed by atoms with E-state index >= 15 is 0 Å². The predicted octanol–water partition coefficient (Wildman–Crippen LogP) is 3.15. The molecule has 148 valence electrons. The van der Waals surface area contributed by atoms with Crippen molar-refractivity contribution in [3.05, 3.63) is 57.4 Å². The van der Waals surface area contributed by atoms with Crippen molar-refractivity contribution in [1.82, 2.24) is 14.9 Å². The molecule has 1 amide bonds. The number of carbonyl (C=O) groups is 1. The highest BCUT2D eigenvalue weighted by Crippen LogP contribution is 2.19. The molecule has 8 heteroatoms. The third kappa shape index (κ3) is 4.39. The molecule has 28 heavy (non-hydrogen) atoms. The van der Waals surface area contributed by atoms with Gasteiger partial charge in [0, 0.05) is 32.6 Å². The van der Waals surface area contributed by atoms with Gasteiger partial charge in [0.05, 0.1) is 5.52 Å². The molecular weight excluding hydrogens is 379 g/mol. The van der Waals surface area contributed by atoms with Gasteiger partial charge in [-0.05, 0) is 43.0 Å². The number of fused-ring (bicyclic) bond motifs is 1. The van der Waals surface area contributed by atoms with Crippen molar-refractivity contribution < 1.29 is 9.18 Å². The summed E-state index contributed by atoms with van der Waals surface area (Å²) in [5, 5.41) is 4.66. The zero-order chi connectivity index (χ0) is 20.1. The Morgan fingerprint density at radius 3 is 2.61 bits per heavy atom. The molecule has 0 aliphatic rings. The number of nitrogens with zero attached hydrogens (tertiary/aromatic N) is 3. The molecule has 1 aromatic carbocycles. The molecule has 0 radical (unpaired) electrons. The van der Waals surface area contributed by atoms with Crippen LogP contribution in [-0.4, -0.2) is 28.5 Å². The van der Waals surface area contributed by atoms with Gasteiger partial charge in [-0.3, -0.25) is 14.2 Å². The normalized spacial score (nSPS) is 11.0. The van der Waals surface area contributed by atoms with Crippen molar-refractivity contribution in [2.24, 2.45) is 0 Å². The smallest absolute Gasteiger partial charge is 0.272 e. The van der Waals surface area contributed by atoms with Gasteiger partial charge in [-0.25, -0.2) is 9.37 Å². The van der Waals surface area contributed by atoms with E-state index in [9.17, 15) is 14.0 Å². The Balaban J connectivity index is 1.74. The van der Waals surface area contributed by atoms with Crippen molar-refractivity contribution in [2.45, 2.75) is 33.4 Å². The fraction of sp³-hybridized carbons (Fsp3) is 0.350. The Labute approximate surface area is 166 Å². The first-order valence-electron chi connectivity index (χ1n) is 9.27. The predicted molar refractivity (Wildman–Crippen MR) is 110 cm³/mol. The third-order valence-corrected chi connectivity index (χ3v) is 5.45. The summed E-state index contributed by atoms with van der Waals surface area (Å²) in [6.07, 6.45) is 0.161. The number of thiophene rings is 1. The minimum absolute atomic E-state index is 0.117. The fourth-order valence-electron chi connectivity index (χ4n) is 2.99. The van der Waals surface area contributed by atoms with Gasteiger partial charge in [-0.15, -0.1) is 11.3 Å². The number of amides is 1. The highest BCUT2D eigenvalue weighted by molar-refractivity contribution is 7.17. The third-order valence-electron chi connectivity index (χ3n) is 4.56. The minimum Gasteiger partial charge on any atom is -0.352 e. The fourth-order valence-corrected chi connectivity index (χ4v) is 3.76. The van der Waals surface area contributed by atoms with Crippen LogP contribution in [0.4, 0.5) is 10.3 Å². The number of hydrogen-bond donors (Lipinski definition) is 1. The topological polar surface area (TPSA) is 67.2 Å². The molecule has 0 saturated carbocycles. The first kappa shape index (κ1) is 20.0. The number of anilines is 1. The maximum atomic E-state index is 13.0. The number of aromatic nitrogens is 2. The molecule has 2 aromatic heterocycles. The van der Waals surface area contributed by atoms with E-state index in [0.29, 0.717) is 22.7 Å². The van der Waals surface area contributed by atoms with Crippen LogP contribution in [0.15, 0.2) is 40.5 Å². The summed E-state index contributed by atoms with van der Waals surface area (Å²) in [7, 11) is 0. The number of nitrogens with one attached hydrogen (secondary N) is 1. The molecule has 0 unspecified atom stereocenters. The van der Waals surface area contributed by atoms with Crippen molar-refractivity contribution in [3.63, 3.8) is 0 Å². The highest BCUT2D eigenvalue weighted by atomic mass is 32.1. The van der Waals surface area contributed by atoms with Crippen LogP contribution in [0.5, 0.6) is 0 Å². The number of carbonyl (C=O) groups excluding carboxylic acids is 1. The lowest BCUT2D eigenvalue weighted by Gasteiger charge is -2.23. The molecule has 2 heterocycles. The molecule has 0 bridgehead atoms. The number of halogens is 1. The molecule has 0 saturated heterocycles. The highest BCUT2D eigenvalue weighted by Gasteiger charge is 2.16. The van der Waals surface area contributed by atoms with E-state index in [1.807, 2.05) is 30.2 Å². The van der Waals surface area contributed by atoms with Crippen molar-refractivity contribution in [3.8, 4) is 0 Å². The van der Waals surface area contributed by atoms with Gasteiger partial charge in [-0.2, -0.15) is 0 Å². The molecule has 6 nitrogen and oxygen atoms in total. The molecule has 0 aliphatic carbocycles. The van der Waals surface area contributed by atoms with Crippen molar-refractivity contribution in [2.75, 3.05) is 18.0 Å². The van der Waals surface area contributed by atoms with Crippen LogP contribution in [0.1, 0.15) is 25.8 Å². The van der Waals surface area contributed by atoms with E-state index in [0.717, 1.165) is 18.7 Å². The number of benzene rings is 1. The van der Waals surface area contributed by atoms with Crippen LogP contribution in [0.25, 0.3) is 10.2 Å². The SMILES string of the molecule is CCN(CC)c1nc2ccsc2c(=O)n1CCC(=O)NCc1ccc(F)cc1. The maximum absolute atomic E-state index is 13.0. The van der Waals surface area contributed by atoms with Gasteiger partial charge in [0.2, 0.25) is 11.9 Å². The van der Waals surface area contributed by atoms with Crippen molar-refractivity contribution >= 4 is 33.4 Å². The van der Waals surface area contributed by atoms with Gasteiger partial charge in [0.25, 0.3) is 5.56 Å². The number of rotatable bonds is 8. The van der Waals surface area contributed by atoms with Gasteiger partial charge in [0.15, 0.2) is 0 Å². The average molecular weight is 402 g/mol. The van der Waals surface area contributed by atoms with Crippen LogP contribution in [0, 0.1) is 5.82 Å². The minimum atomic E-state index is -0.310. The Morgan fingerprint density at radius 1 is 1.21 bits per heavy atom. The summed E-state index contributed by atoms with van der Waals surface area (Å²) >= 11 is 1.36. The second-order valence-electron chi connectivity index (χ2n) is 6.33. The van der Waals surface area contributed by atoms with Gasteiger partial charge in [-0.1, -0.05) is 12.1 Å². The van der Waals surface area contributed by atoms with Gasteiger partial charge < -0.3 is 10.2 Å². The second kappa shape index (κ2) is 8.97. The summed E-state index contributed by atoms with van der Waals surface area (Å²) < 4.78 is 15.1. The number of hydrogen-bond acceptors (Lipinski definition) is 5. The standard InChI is InChI=1S/C20H23FN4O2S/c1-3-24(4-2)20-23-16-10-12-28-18(16)19(27)25(20)11-9-17(26)22-13-14-5-7-15(21)8-6-14/h5-8,10,12H,3-4,9,11,13H2,1-2H3,(H,22,26). The van der Waals surface area contributed by atoms with E-state index in [-0.39, 0.29) is 30.2 Å². The lowest BCUT2D eigenvalue weighted by molar-refractivity contribution is -0.121. The molecule has 0 atom stereocenters. The lowest BCUT2D eigenvalue weighted by Crippen LogP contribution is -2.34. The van der Waals surface area contributed by atoms with Crippen LogP contribution in [-0.2, 0) is 17.9 Å². The van der Waals surface area contributed by atoms with Gasteiger partial charge >= 0.3 is 0 Å². The van der Waals surface area contributed by atoms with E-state index in [4.69, 9.17) is 0 Å². The molecular formula is C20H23FN4O2S. The van der Waals surface area contributed by atoms with Crippen LogP contribution in [0.2, 0.25) is 0 Å². The average Bonchev–Trinajstić information content (AvgIpc) is 3.17. The Bertz CT molecular complexity index is 1010. The quantitative estimate of drug-likeness (QED) is 0.629. The molecule has 3 aromatic rings. The van der Waals surface area contributed by atoms with Crippen molar-refractivity contribution in [1.29, 1.82) is 0 Å². The zero-order valence-electron chi connectivity index (χ0n) is 15.9. The first-order valence-corrected chi connectivity index (χ1v) is 10.2. The van der Waals surface area contributed by atoms with Crippen LogP contribution < -0.4 is 15.8 Å². The Morgan fingerprint density at radius 2 is 1.93 bits per heavy atom. The molecule has 0 fully saturated rings. The van der Waals surface area contributed by atoms with Gasteiger partial charge in [0.1, 0.15) is 10.5 Å². The molecule has 0 aliphatic heterocycles. The van der Waals surface area contributed by atoms with E-state index in [1.54, 1.807) is 16.7 Å². The summed E-state index contributed by atoms with van der Waals surface area (Å²) in [5.74, 6) is 0.107. The van der Waals surface area contributed by atoms with E-state index < -0.39 is 0 Å². The van der Waals surface area contributed by atoms with Crippen LogP contribution in [0.3, 0.4) is 0 Å². The van der Waals surface area contributed by atoms with E-state index in [1.165, 1.54) is 23.5 Å². The summed E-state index contributed by atoms with van der Waals surface area (Å²) in [6, 6.07) is 7.83. The lowest BCUT2D eigenvalue weighted by atomic mass is 10.2. The second-order valence-corrected chi connectivity index (χ2v) is 7.25. The molecule has 3 rings (SSSR count). The first-order chi connectivity index (χ1) is 13.5. The Kier molecular flexibility index (Phi) is 6.41. The summed E-state index contributed by atoms with van der Waals surface area (Å²) in [5.41, 5.74) is 1.39. The van der Waals surface area contributed by atoms with Crippen LogP contribution >= 0.6 is 11.3 Å². The molecule has 1 N–H and O–H groups in total. The largest absolute Gasteiger partial charge is 0.352 e. The monoisotopic (exact) mass is 402 g/mol. The van der Waals surface area contributed by atoms with E-state index in [2.05, 4.69) is 10.3 Å².